The third-order valence-corrected chi connectivity index (χ3v) is 6.17. The van der Waals surface area contributed by atoms with Gasteiger partial charge in [-0.3, -0.25) is 0 Å². The second kappa shape index (κ2) is 11.1. The summed E-state index contributed by atoms with van der Waals surface area (Å²) >= 11 is 0. The SMILES string of the molecule is COCCc1ccc(S(=O)(=O)N2CCC(OCCCN)CC2)cc1.Cl. The highest BCUT2D eigenvalue weighted by molar-refractivity contribution is 7.89. The zero-order valence-corrected chi connectivity index (χ0v) is 16.4. The molecule has 1 fully saturated rings. The Labute approximate surface area is 157 Å². The van der Waals surface area contributed by atoms with Crippen molar-refractivity contribution in [3.63, 3.8) is 0 Å². The van der Waals surface area contributed by atoms with Gasteiger partial charge in [-0.15, -0.1) is 12.4 Å². The molecule has 1 aliphatic rings. The molecule has 0 saturated carbocycles. The predicted octanol–water partition coefficient (Wildman–Crippen LogP) is 1.82. The standard InChI is InChI=1S/C17H28N2O4S.ClH/c1-22-14-9-15-3-5-17(6-4-15)24(20,21)19-11-7-16(8-12-19)23-13-2-10-18;/h3-6,16H,2,7-14,18H2,1H3;1H. The smallest absolute Gasteiger partial charge is 0.243 e. The summed E-state index contributed by atoms with van der Waals surface area (Å²) < 4.78 is 37.8. The van der Waals surface area contributed by atoms with Gasteiger partial charge in [0.25, 0.3) is 0 Å². The number of methoxy groups -OCH3 is 1. The Morgan fingerprint density at radius 2 is 1.80 bits per heavy atom. The molecule has 25 heavy (non-hydrogen) atoms. The van der Waals surface area contributed by atoms with Crippen LogP contribution in [0.3, 0.4) is 0 Å². The highest BCUT2D eigenvalue weighted by Gasteiger charge is 2.29. The maximum atomic E-state index is 12.7. The molecule has 144 valence electrons. The molecule has 0 spiro atoms. The summed E-state index contributed by atoms with van der Waals surface area (Å²) in [6.07, 6.45) is 3.22. The maximum absolute atomic E-state index is 12.7. The normalized spacial score (nSPS) is 16.6. The van der Waals surface area contributed by atoms with Gasteiger partial charge in [0.2, 0.25) is 10.0 Å². The Morgan fingerprint density at radius 3 is 2.36 bits per heavy atom. The first-order valence-corrected chi connectivity index (χ1v) is 9.91. The van der Waals surface area contributed by atoms with Gasteiger partial charge in [0, 0.05) is 26.8 Å². The molecule has 0 radical (unpaired) electrons. The van der Waals surface area contributed by atoms with Crippen molar-refractivity contribution >= 4 is 22.4 Å². The van der Waals surface area contributed by atoms with Crippen molar-refractivity contribution < 1.29 is 17.9 Å². The summed E-state index contributed by atoms with van der Waals surface area (Å²) in [5.41, 5.74) is 6.52. The van der Waals surface area contributed by atoms with E-state index in [1.165, 1.54) is 0 Å². The van der Waals surface area contributed by atoms with Gasteiger partial charge in [0.05, 0.1) is 17.6 Å². The molecule has 6 nitrogen and oxygen atoms in total. The van der Waals surface area contributed by atoms with E-state index < -0.39 is 10.0 Å². The van der Waals surface area contributed by atoms with Gasteiger partial charge in [-0.2, -0.15) is 4.31 Å². The Hall–Kier alpha value is -0.700. The molecule has 0 aliphatic carbocycles. The number of piperidine rings is 1. The zero-order valence-electron chi connectivity index (χ0n) is 14.7. The first kappa shape index (κ1) is 22.3. The van der Waals surface area contributed by atoms with Crippen LogP contribution in [0.15, 0.2) is 29.2 Å². The van der Waals surface area contributed by atoms with Crippen LogP contribution in [0.25, 0.3) is 0 Å². The second-order valence-electron chi connectivity index (χ2n) is 6.00. The predicted molar refractivity (Wildman–Crippen MR) is 101 cm³/mol. The third kappa shape index (κ3) is 6.51. The number of hydrogen-bond acceptors (Lipinski definition) is 5. The fourth-order valence-electron chi connectivity index (χ4n) is 2.77. The fraction of sp³-hybridized carbons (Fsp3) is 0.647. The molecule has 0 bridgehead atoms. The molecule has 1 aliphatic heterocycles. The van der Waals surface area contributed by atoms with Crippen molar-refractivity contribution in [3.05, 3.63) is 29.8 Å². The minimum Gasteiger partial charge on any atom is -0.384 e. The monoisotopic (exact) mass is 392 g/mol. The van der Waals surface area contributed by atoms with Crippen LogP contribution < -0.4 is 5.73 Å². The van der Waals surface area contributed by atoms with Crippen LogP contribution >= 0.6 is 12.4 Å². The molecule has 8 heteroatoms. The van der Waals surface area contributed by atoms with Crippen LogP contribution in [0.4, 0.5) is 0 Å². The summed E-state index contributed by atoms with van der Waals surface area (Å²) in [4.78, 5) is 0.353. The molecule has 0 aromatic heterocycles. The van der Waals surface area contributed by atoms with Crippen LogP contribution in [-0.4, -0.2) is 58.8 Å². The van der Waals surface area contributed by atoms with E-state index in [4.69, 9.17) is 15.2 Å². The Bertz CT molecular complexity index is 587. The van der Waals surface area contributed by atoms with E-state index >= 15 is 0 Å². The van der Waals surface area contributed by atoms with Crippen LogP contribution in [0, 0.1) is 0 Å². The summed E-state index contributed by atoms with van der Waals surface area (Å²) in [6.45, 7) is 2.90. The van der Waals surface area contributed by atoms with E-state index in [-0.39, 0.29) is 18.5 Å². The van der Waals surface area contributed by atoms with Gasteiger partial charge in [-0.25, -0.2) is 8.42 Å². The molecule has 2 rings (SSSR count). The number of sulfonamides is 1. The maximum Gasteiger partial charge on any atom is 0.243 e. The van der Waals surface area contributed by atoms with E-state index in [1.54, 1.807) is 23.5 Å². The molecule has 1 aromatic rings. The number of rotatable bonds is 9. The lowest BCUT2D eigenvalue weighted by Gasteiger charge is -2.31. The molecule has 0 atom stereocenters. The molecular weight excluding hydrogens is 364 g/mol. The summed E-state index contributed by atoms with van der Waals surface area (Å²) in [5, 5.41) is 0. The van der Waals surface area contributed by atoms with Gasteiger partial charge in [-0.1, -0.05) is 12.1 Å². The van der Waals surface area contributed by atoms with E-state index in [0.29, 0.717) is 37.7 Å². The van der Waals surface area contributed by atoms with Gasteiger partial charge in [-0.05, 0) is 49.9 Å². The highest BCUT2D eigenvalue weighted by Crippen LogP contribution is 2.22. The molecule has 0 amide bonds. The fourth-order valence-corrected chi connectivity index (χ4v) is 4.24. The van der Waals surface area contributed by atoms with Gasteiger partial charge < -0.3 is 15.2 Å². The zero-order chi connectivity index (χ0) is 17.4. The Morgan fingerprint density at radius 1 is 1.16 bits per heavy atom. The number of ether oxygens (including phenoxy) is 2. The summed E-state index contributed by atoms with van der Waals surface area (Å²) in [6, 6.07) is 7.08. The largest absolute Gasteiger partial charge is 0.384 e. The minimum atomic E-state index is -3.42. The summed E-state index contributed by atoms with van der Waals surface area (Å²) in [7, 11) is -1.77. The van der Waals surface area contributed by atoms with Crippen molar-refractivity contribution in [1.29, 1.82) is 0 Å². The quantitative estimate of drug-likeness (QED) is 0.648. The minimum absolute atomic E-state index is 0. The number of nitrogens with two attached hydrogens (primary N) is 1. The number of hydrogen-bond donors (Lipinski definition) is 1. The second-order valence-corrected chi connectivity index (χ2v) is 7.94. The van der Waals surface area contributed by atoms with Gasteiger partial charge >= 0.3 is 0 Å². The van der Waals surface area contributed by atoms with Crippen molar-refractivity contribution in [2.75, 3.05) is 40.0 Å². The Balaban J connectivity index is 0.00000312. The summed E-state index contributed by atoms with van der Waals surface area (Å²) in [5.74, 6) is 0. The molecule has 1 saturated heterocycles. The van der Waals surface area contributed by atoms with Crippen molar-refractivity contribution in [1.82, 2.24) is 4.31 Å². The number of nitrogens with zero attached hydrogens (tertiary/aromatic N) is 1. The van der Waals surface area contributed by atoms with Crippen LogP contribution in [0.2, 0.25) is 0 Å². The number of halogens is 1. The average molecular weight is 393 g/mol. The number of benzene rings is 1. The lowest BCUT2D eigenvalue weighted by atomic mass is 10.1. The van der Waals surface area contributed by atoms with Crippen molar-refractivity contribution in [2.45, 2.75) is 36.7 Å². The Kier molecular flexibility index (Phi) is 9.92. The van der Waals surface area contributed by atoms with E-state index in [2.05, 4.69) is 0 Å². The van der Waals surface area contributed by atoms with Crippen LogP contribution in [0.1, 0.15) is 24.8 Å². The van der Waals surface area contributed by atoms with Gasteiger partial charge in [0.1, 0.15) is 0 Å². The molecule has 1 heterocycles. The van der Waals surface area contributed by atoms with E-state index in [0.717, 1.165) is 31.2 Å². The highest BCUT2D eigenvalue weighted by atomic mass is 35.5. The third-order valence-electron chi connectivity index (χ3n) is 4.26. The van der Waals surface area contributed by atoms with E-state index in [9.17, 15) is 8.42 Å². The lowest BCUT2D eigenvalue weighted by Crippen LogP contribution is -2.41. The molecule has 0 unspecified atom stereocenters. The molecule has 1 aromatic carbocycles. The van der Waals surface area contributed by atoms with Crippen molar-refractivity contribution in [2.24, 2.45) is 5.73 Å². The van der Waals surface area contributed by atoms with Crippen LogP contribution in [0.5, 0.6) is 0 Å². The van der Waals surface area contributed by atoms with E-state index in [1.807, 2.05) is 12.1 Å². The first-order valence-electron chi connectivity index (χ1n) is 8.47. The lowest BCUT2D eigenvalue weighted by molar-refractivity contribution is 0.0209. The first-order chi connectivity index (χ1) is 11.6. The molecule has 2 N–H and O–H groups in total. The van der Waals surface area contributed by atoms with Crippen molar-refractivity contribution in [3.8, 4) is 0 Å². The average Bonchev–Trinajstić information content (AvgIpc) is 2.61. The molecular formula is C17H29ClN2O4S. The topological polar surface area (TPSA) is 81.9 Å². The van der Waals surface area contributed by atoms with Crippen LogP contribution in [-0.2, 0) is 25.9 Å². The van der Waals surface area contributed by atoms with Gasteiger partial charge in [0.15, 0.2) is 0 Å².